The largest absolute Gasteiger partial charge is 0.269 e. The summed E-state index contributed by atoms with van der Waals surface area (Å²) < 4.78 is 57.1. The number of nitro groups is 3. The van der Waals surface area contributed by atoms with E-state index in [0.29, 0.717) is 44.5 Å². The van der Waals surface area contributed by atoms with Gasteiger partial charge in [-0.1, -0.05) is 90.5 Å². The van der Waals surface area contributed by atoms with Crippen molar-refractivity contribution in [3.63, 3.8) is 0 Å². The van der Waals surface area contributed by atoms with E-state index < -0.39 is 33.9 Å². The Labute approximate surface area is 332 Å². The number of hydrogen-bond donors (Lipinski definition) is 0. The Morgan fingerprint density at radius 2 is 0.768 bits per heavy atom. The first kappa shape index (κ1) is 30.1. The highest BCUT2D eigenvalue weighted by Crippen LogP contribution is 2.31. The van der Waals surface area contributed by atoms with E-state index in [-0.39, 0.29) is 51.3 Å². The zero-order chi connectivity index (χ0) is 44.6. The van der Waals surface area contributed by atoms with Crippen LogP contribution in [0.2, 0.25) is 0 Å². The molecular formula is C47H37N3O6. The lowest BCUT2D eigenvalue weighted by Gasteiger charge is -2.14. The average molecular weight is 746 g/mol. The van der Waals surface area contributed by atoms with Gasteiger partial charge in [0, 0.05) is 44.6 Å². The molecule has 0 spiro atoms. The van der Waals surface area contributed by atoms with Crippen molar-refractivity contribution in [3.05, 3.63) is 227 Å². The maximum Gasteiger partial charge on any atom is 0.269 e. The lowest BCUT2D eigenvalue weighted by molar-refractivity contribution is -0.385. The first-order valence-corrected chi connectivity index (χ1v) is 17.5. The number of hydrogen-bond acceptors (Lipinski definition) is 6. The fraction of sp³-hybridized carbons (Fsp3) is 0.106. The van der Waals surface area contributed by atoms with Crippen LogP contribution in [0.4, 0.5) is 17.1 Å². The second-order valence-corrected chi connectivity index (χ2v) is 13.2. The van der Waals surface area contributed by atoms with E-state index in [1.807, 2.05) is 12.1 Å². The normalized spacial score (nSPS) is 13.3. The number of nitro benzene ring substituents is 3. The highest BCUT2D eigenvalue weighted by Gasteiger charge is 2.13. The summed E-state index contributed by atoms with van der Waals surface area (Å²) in [6, 6.07) is 40.4. The second-order valence-electron chi connectivity index (χ2n) is 13.2. The molecule has 0 bridgehead atoms. The molecule has 0 radical (unpaired) electrons. The van der Waals surface area contributed by atoms with Crippen LogP contribution in [0.5, 0.6) is 0 Å². The van der Waals surface area contributed by atoms with Crippen LogP contribution in [0.3, 0.4) is 0 Å². The molecule has 0 aliphatic rings. The van der Waals surface area contributed by atoms with Crippen molar-refractivity contribution < 1.29 is 23.0 Å². The third kappa shape index (κ3) is 9.09. The molecule has 7 rings (SSSR count). The van der Waals surface area contributed by atoms with Gasteiger partial charge in [-0.15, -0.1) is 0 Å². The summed E-state index contributed by atoms with van der Waals surface area (Å²) in [7, 11) is 0. The second kappa shape index (κ2) is 16.4. The van der Waals surface area contributed by atoms with Crippen molar-refractivity contribution in [3.8, 4) is 33.4 Å². The lowest BCUT2D eigenvalue weighted by Crippen LogP contribution is -1.98. The van der Waals surface area contributed by atoms with Gasteiger partial charge < -0.3 is 0 Å². The predicted octanol–water partition coefficient (Wildman–Crippen LogP) is 11.7. The van der Waals surface area contributed by atoms with Gasteiger partial charge in [0.1, 0.15) is 0 Å². The maximum atomic E-state index is 11.5. The molecule has 0 aromatic heterocycles. The summed E-state index contributed by atoms with van der Waals surface area (Å²) >= 11 is 0. The molecule has 0 atom stereocenters. The molecule has 7 aromatic rings. The SMILES string of the molecule is [2H]C([2H])(Cc1ccccc1)c1cc(-c2ccc([N+](=O)[O-])cc2)cc(C([2H])([2H])c2cc(-c3ccc([N+](=O)[O-])cc3)cc(C([2H])([2H])c3cc(C)cc(-c4ccc([N+](=O)[O-])cc4)c3)c2)c1. The summed E-state index contributed by atoms with van der Waals surface area (Å²) in [6.45, 7) is 1.79. The predicted molar refractivity (Wildman–Crippen MR) is 220 cm³/mol. The van der Waals surface area contributed by atoms with E-state index in [0.717, 1.165) is 0 Å². The van der Waals surface area contributed by atoms with E-state index in [1.165, 1.54) is 78.9 Å². The van der Waals surface area contributed by atoms with Crippen molar-refractivity contribution in [2.24, 2.45) is 0 Å². The van der Waals surface area contributed by atoms with Crippen LogP contribution in [0, 0.1) is 37.3 Å². The van der Waals surface area contributed by atoms with Gasteiger partial charge >= 0.3 is 0 Å². The smallest absolute Gasteiger partial charge is 0.258 e. The molecule has 0 amide bonds. The Balaban J connectivity index is 1.41. The fourth-order valence-electron chi connectivity index (χ4n) is 6.39. The Kier molecular flexibility index (Phi) is 8.82. The number of benzene rings is 7. The molecular weight excluding hydrogens is 703 g/mol. The zero-order valence-corrected chi connectivity index (χ0v) is 30.0. The number of aryl methyl sites for hydroxylation is 3. The molecule has 0 fully saturated rings. The van der Waals surface area contributed by atoms with E-state index in [1.54, 1.807) is 73.7 Å². The molecule has 0 heterocycles. The van der Waals surface area contributed by atoms with Gasteiger partial charge in [-0.25, -0.2) is 0 Å². The number of rotatable bonds is 13. The molecule has 0 saturated carbocycles. The fourth-order valence-corrected chi connectivity index (χ4v) is 6.39. The van der Waals surface area contributed by atoms with Gasteiger partial charge in [0.15, 0.2) is 0 Å². The molecule has 276 valence electrons. The summed E-state index contributed by atoms with van der Waals surface area (Å²) in [5.74, 6) is 0. The van der Waals surface area contributed by atoms with Crippen molar-refractivity contribution >= 4 is 17.1 Å². The van der Waals surface area contributed by atoms with Crippen LogP contribution < -0.4 is 0 Å². The monoisotopic (exact) mass is 745 g/mol. The van der Waals surface area contributed by atoms with Crippen LogP contribution in [0.1, 0.15) is 47.2 Å². The van der Waals surface area contributed by atoms with Crippen LogP contribution >= 0.6 is 0 Å². The topological polar surface area (TPSA) is 129 Å². The van der Waals surface area contributed by atoms with Gasteiger partial charge in [-0.05, 0) is 136 Å². The van der Waals surface area contributed by atoms with Crippen LogP contribution in [-0.4, -0.2) is 14.8 Å². The third-order valence-electron chi connectivity index (χ3n) is 9.09. The van der Waals surface area contributed by atoms with E-state index in [2.05, 4.69) is 0 Å². The molecule has 0 unspecified atom stereocenters. The van der Waals surface area contributed by atoms with Gasteiger partial charge in [-0.3, -0.25) is 30.3 Å². The lowest BCUT2D eigenvalue weighted by atomic mass is 9.90. The maximum absolute atomic E-state index is 11.5. The van der Waals surface area contributed by atoms with Crippen molar-refractivity contribution in [1.82, 2.24) is 0 Å². The van der Waals surface area contributed by atoms with E-state index >= 15 is 0 Å². The molecule has 0 N–H and O–H groups in total. The molecule has 9 nitrogen and oxygen atoms in total. The Hall–Kier alpha value is -7.26. The first-order chi connectivity index (χ1) is 29.3. The highest BCUT2D eigenvalue weighted by atomic mass is 16.6. The number of non-ortho nitro benzene ring substituents is 3. The van der Waals surface area contributed by atoms with Crippen LogP contribution in [-0.2, 0) is 25.5 Å². The quantitative estimate of drug-likeness (QED) is 0.0853. The summed E-state index contributed by atoms with van der Waals surface area (Å²) in [4.78, 5) is 32.7. The summed E-state index contributed by atoms with van der Waals surface area (Å²) in [5, 5.41) is 34.3. The average Bonchev–Trinajstić information content (AvgIpc) is 3.26. The van der Waals surface area contributed by atoms with Gasteiger partial charge in [0.25, 0.3) is 17.1 Å². The van der Waals surface area contributed by atoms with Crippen LogP contribution in [0.25, 0.3) is 33.4 Å². The molecule has 0 aliphatic heterocycles. The van der Waals surface area contributed by atoms with E-state index in [9.17, 15) is 38.6 Å². The Bertz CT molecular complexity index is 2840. The first-order valence-electron chi connectivity index (χ1n) is 20.5. The van der Waals surface area contributed by atoms with E-state index in [4.69, 9.17) is 0 Å². The zero-order valence-electron chi connectivity index (χ0n) is 36.0. The molecule has 9 heteroatoms. The minimum Gasteiger partial charge on any atom is -0.258 e. The van der Waals surface area contributed by atoms with Crippen molar-refractivity contribution in [1.29, 1.82) is 0 Å². The Morgan fingerprint density at radius 1 is 0.411 bits per heavy atom. The minimum absolute atomic E-state index is 0.00546. The molecule has 0 aliphatic carbocycles. The molecule has 7 aromatic carbocycles. The molecule has 0 saturated heterocycles. The van der Waals surface area contributed by atoms with Gasteiger partial charge in [-0.2, -0.15) is 0 Å². The third-order valence-corrected chi connectivity index (χ3v) is 9.09. The summed E-state index contributed by atoms with van der Waals surface area (Å²) in [5.41, 5.74) is 4.33. The van der Waals surface area contributed by atoms with Gasteiger partial charge in [0.2, 0.25) is 0 Å². The molecule has 56 heavy (non-hydrogen) atoms. The highest BCUT2D eigenvalue weighted by molar-refractivity contribution is 5.70. The van der Waals surface area contributed by atoms with Crippen molar-refractivity contribution in [2.75, 3.05) is 0 Å². The van der Waals surface area contributed by atoms with Crippen LogP contribution in [0.15, 0.2) is 158 Å². The minimum atomic E-state index is -2.42. The number of nitrogens with zero attached hydrogens (tertiary/aromatic N) is 3. The Morgan fingerprint density at radius 3 is 1.18 bits per heavy atom. The summed E-state index contributed by atoms with van der Waals surface area (Å²) in [6.07, 6.45) is -6.76. The van der Waals surface area contributed by atoms with Gasteiger partial charge in [0.05, 0.1) is 14.8 Å². The standard InChI is InChI=1S/C47H37N3O6/c1-32-21-35(28-42(22-32)39-9-15-45(16-10-39)48(51)52)24-37-26-38(31-44(30-37)41-13-19-47(20-14-41)50(55)56)25-36-23-34(8-7-33-5-3-2-4-6-33)27-43(29-36)40-11-17-46(18-12-40)49(53)54/h2-6,9-23,26-31H,7-8,24-25H2,1H3/i8D2,24D2,25D2. The van der Waals surface area contributed by atoms with Crippen molar-refractivity contribution in [2.45, 2.75) is 32.5 Å².